The first-order chi connectivity index (χ1) is 15.8. The fraction of sp³-hybridized carbons (Fsp3) is 0.273. The Kier molecular flexibility index (Phi) is 7.54. The summed E-state index contributed by atoms with van der Waals surface area (Å²) in [6, 6.07) is 8.72. The molecule has 0 unspecified atom stereocenters. The monoisotopic (exact) mass is 461 g/mol. The van der Waals surface area contributed by atoms with E-state index < -0.39 is 18.5 Å². The number of nitrogens with zero attached hydrogens (tertiary/aromatic N) is 2. The van der Waals surface area contributed by atoms with Gasteiger partial charge in [-0.2, -0.15) is 8.78 Å². The van der Waals surface area contributed by atoms with Gasteiger partial charge in [-0.1, -0.05) is 6.07 Å². The maximum Gasteiger partial charge on any atom is 0.387 e. The van der Waals surface area contributed by atoms with Crippen LogP contribution in [0.4, 0.5) is 8.78 Å². The SMILES string of the molecule is COC(=O)c1cccc(C(=O)NCc2coc(-c3ccc(OC(F)F)c(OC(C)C)c3)n2)n1. The molecular formula is C22H21F2N3O6. The average molecular weight is 461 g/mol. The quantitative estimate of drug-likeness (QED) is 0.478. The number of carbonyl (C=O) groups excluding carboxylic acids is 2. The van der Waals surface area contributed by atoms with Crippen LogP contribution in [0.25, 0.3) is 11.5 Å². The Morgan fingerprint density at radius 2 is 1.82 bits per heavy atom. The van der Waals surface area contributed by atoms with E-state index in [4.69, 9.17) is 9.15 Å². The van der Waals surface area contributed by atoms with E-state index >= 15 is 0 Å². The summed E-state index contributed by atoms with van der Waals surface area (Å²) in [5, 5.41) is 2.63. The highest BCUT2D eigenvalue weighted by atomic mass is 19.3. The first-order valence-electron chi connectivity index (χ1n) is 9.80. The molecular weight excluding hydrogens is 440 g/mol. The van der Waals surface area contributed by atoms with Crippen molar-refractivity contribution in [2.75, 3.05) is 7.11 Å². The minimum atomic E-state index is -3.00. The van der Waals surface area contributed by atoms with E-state index in [1.165, 1.54) is 49.8 Å². The van der Waals surface area contributed by atoms with E-state index in [0.29, 0.717) is 11.3 Å². The molecule has 174 valence electrons. The highest BCUT2D eigenvalue weighted by Crippen LogP contribution is 2.34. The molecule has 33 heavy (non-hydrogen) atoms. The van der Waals surface area contributed by atoms with Crippen molar-refractivity contribution in [3.05, 3.63) is 59.7 Å². The van der Waals surface area contributed by atoms with Crippen LogP contribution in [0.2, 0.25) is 0 Å². The van der Waals surface area contributed by atoms with Crippen LogP contribution in [0.1, 0.15) is 40.5 Å². The third kappa shape index (κ3) is 6.25. The second-order valence-corrected chi connectivity index (χ2v) is 6.93. The molecule has 1 amide bonds. The maximum atomic E-state index is 12.6. The zero-order valence-corrected chi connectivity index (χ0v) is 18.0. The van der Waals surface area contributed by atoms with Crippen LogP contribution in [-0.2, 0) is 11.3 Å². The van der Waals surface area contributed by atoms with Gasteiger partial charge in [-0.15, -0.1) is 0 Å². The molecule has 11 heteroatoms. The summed E-state index contributed by atoms with van der Waals surface area (Å²) in [4.78, 5) is 32.2. The fourth-order valence-corrected chi connectivity index (χ4v) is 2.74. The number of halogens is 2. The molecule has 3 aromatic rings. The number of amides is 1. The smallest absolute Gasteiger partial charge is 0.387 e. The number of pyridine rings is 1. The maximum absolute atomic E-state index is 12.6. The molecule has 0 bridgehead atoms. The Balaban J connectivity index is 1.71. The molecule has 3 rings (SSSR count). The van der Waals surface area contributed by atoms with Crippen LogP contribution >= 0.6 is 0 Å². The van der Waals surface area contributed by atoms with Gasteiger partial charge in [0.1, 0.15) is 17.7 Å². The van der Waals surface area contributed by atoms with E-state index in [-0.39, 0.29) is 41.4 Å². The van der Waals surface area contributed by atoms with E-state index in [9.17, 15) is 18.4 Å². The molecule has 0 aliphatic carbocycles. The van der Waals surface area contributed by atoms with E-state index in [2.05, 4.69) is 24.8 Å². The van der Waals surface area contributed by atoms with Gasteiger partial charge in [-0.05, 0) is 44.2 Å². The molecule has 0 saturated carbocycles. The predicted molar refractivity (Wildman–Crippen MR) is 111 cm³/mol. The zero-order chi connectivity index (χ0) is 24.0. The second kappa shape index (κ2) is 10.5. The first-order valence-corrected chi connectivity index (χ1v) is 9.80. The van der Waals surface area contributed by atoms with Gasteiger partial charge in [-0.25, -0.2) is 14.8 Å². The number of rotatable bonds is 9. The van der Waals surface area contributed by atoms with Crippen LogP contribution < -0.4 is 14.8 Å². The van der Waals surface area contributed by atoms with Gasteiger partial charge in [0.05, 0.1) is 25.5 Å². The number of ether oxygens (including phenoxy) is 3. The lowest BCUT2D eigenvalue weighted by Crippen LogP contribution is -2.24. The van der Waals surface area contributed by atoms with Crippen molar-refractivity contribution in [3.63, 3.8) is 0 Å². The minimum Gasteiger partial charge on any atom is -0.487 e. The number of benzene rings is 1. The van der Waals surface area contributed by atoms with Gasteiger partial charge in [0.2, 0.25) is 5.89 Å². The second-order valence-electron chi connectivity index (χ2n) is 6.93. The van der Waals surface area contributed by atoms with Crippen molar-refractivity contribution in [3.8, 4) is 23.0 Å². The van der Waals surface area contributed by atoms with Crippen molar-refractivity contribution < 1.29 is 37.0 Å². The number of methoxy groups -OCH3 is 1. The lowest BCUT2D eigenvalue weighted by Gasteiger charge is -2.15. The highest BCUT2D eigenvalue weighted by Gasteiger charge is 2.17. The fourth-order valence-electron chi connectivity index (χ4n) is 2.74. The summed E-state index contributed by atoms with van der Waals surface area (Å²) >= 11 is 0. The summed E-state index contributed by atoms with van der Waals surface area (Å²) < 4.78 is 45.4. The lowest BCUT2D eigenvalue weighted by atomic mass is 10.2. The van der Waals surface area contributed by atoms with Crippen molar-refractivity contribution in [2.45, 2.75) is 33.1 Å². The Hall–Kier alpha value is -4.02. The molecule has 1 aromatic carbocycles. The van der Waals surface area contributed by atoms with E-state index in [1.807, 2.05) is 0 Å². The first kappa shape index (κ1) is 23.6. The molecule has 9 nitrogen and oxygen atoms in total. The van der Waals surface area contributed by atoms with Gasteiger partial charge in [-0.3, -0.25) is 4.79 Å². The number of alkyl halides is 2. The molecule has 0 fully saturated rings. The number of carbonyl (C=O) groups is 2. The van der Waals surface area contributed by atoms with Crippen LogP contribution in [0, 0.1) is 0 Å². The summed E-state index contributed by atoms with van der Waals surface area (Å²) in [6.07, 6.45) is 1.07. The molecule has 2 heterocycles. The molecule has 0 aliphatic rings. The lowest BCUT2D eigenvalue weighted by molar-refractivity contribution is -0.0518. The number of hydrogen-bond acceptors (Lipinski definition) is 8. The Morgan fingerprint density at radius 1 is 1.06 bits per heavy atom. The minimum absolute atomic E-state index is 0.00700. The van der Waals surface area contributed by atoms with Crippen molar-refractivity contribution in [1.29, 1.82) is 0 Å². The topological polar surface area (TPSA) is 113 Å². The number of oxazole rings is 1. The number of esters is 1. The normalized spacial score (nSPS) is 10.9. The Bertz CT molecular complexity index is 1130. The highest BCUT2D eigenvalue weighted by molar-refractivity contribution is 5.94. The third-order valence-corrected chi connectivity index (χ3v) is 4.13. The Morgan fingerprint density at radius 3 is 2.52 bits per heavy atom. The Labute approximate surface area is 187 Å². The zero-order valence-electron chi connectivity index (χ0n) is 18.0. The summed E-state index contributed by atoms with van der Waals surface area (Å²) in [5.74, 6) is -0.971. The van der Waals surface area contributed by atoms with Crippen LogP contribution in [0.15, 0.2) is 47.1 Å². The number of hydrogen-bond donors (Lipinski definition) is 1. The van der Waals surface area contributed by atoms with Gasteiger partial charge in [0, 0.05) is 5.56 Å². The number of aromatic nitrogens is 2. The standard InChI is InChI=1S/C22H21F2N3O6/c1-12(2)32-18-9-13(7-8-17(18)33-22(23)24)20-26-14(11-31-20)10-25-19(28)15-5-4-6-16(27-15)21(29)30-3/h4-9,11-12,22H,10H2,1-3H3,(H,25,28). The van der Waals surface area contributed by atoms with Gasteiger partial charge >= 0.3 is 12.6 Å². The largest absolute Gasteiger partial charge is 0.487 e. The molecule has 2 aromatic heterocycles. The van der Waals surface area contributed by atoms with Crippen molar-refractivity contribution >= 4 is 11.9 Å². The van der Waals surface area contributed by atoms with Crippen LogP contribution in [-0.4, -0.2) is 41.7 Å². The molecule has 0 atom stereocenters. The molecule has 1 N–H and O–H groups in total. The van der Waals surface area contributed by atoms with Crippen LogP contribution in [0.5, 0.6) is 11.5 Å². The van der Waals surface area contributed by atoms with E-state index in [0.717, 1.165) is 0 Å². The summed E-state index contributed by atoms with van der Waals surface area (Å²) in [7, 11) is 1.22. The van der Waals surface area contributed by atoms with E-state index in [1.54, 1.807) is 13.8 Å². The van der Waals surface area contributed by atoms with Crippen LogP contribution in [0.3, 0.4) is 0 Å². The molecule has 0 aliphatic heterocycles. The number of nitrogens with one attached hydrogen (secondary N) is 1. The molecule has 0 spiro atoms. The predicted octanol–water partition coefficient (Wildman–Crippen LogP) is 3.84. The summed E-state index contributed by atoms with van der Waals surface area (Å²) in [5.41, 5.74) is 0.915. The average Bonchev–Trinajstić information content (AvgIpc) is 3.26. The van der Waals surface area contributed by atoms with Crippen molar-refractivity contribution in [2.24, 2.45) is 0 Å². The summed E-state index contributed by atoms with van der Waals surface area (Å²) in [6.45, 7) is 0.528. The van der Waals surface area contributed by atoms with Gasteiger partial charge < -0.3 is 23.9 Å². The third-order valence-electron chi connectivity index (χ3n) is 4.13. The van der Waals surface area contributed by atoms with Gasteiger partial charge in [0.15, 0.2) is 11.5 Å². The van der Waals surface area contributed by atoms with Crippen molar-refractivity contribution in [1.82, 2.24) is 15.3 Å². The molecule has 0 radical (unpaired) electrons. The molecule has 0 saturated heterocycles. The van der Waals surface area contributed by atoms with Gasteiger partial charge in [0.25, 0.3) is 5.91 Å².